The van der Waals surface area contributed by atoms with Crippen LogP contribution >= 0.6 is 0 Å². The number of alkyl halides is 3. The van der Waals surface area contributed by atoms with Crippen molar-refractivity contribution >= 4 is 11.8 Å². The van der Waals surface area contributed by atoms with Crippen molar-refractivity contribution in [2.24, 2.45) is 16.7 Å². The second kappa shape index (κ2) is 10.1. The minimum atomic E-state index is -4.38. The lowest BCUT2D eigenvalue weighted by molar-refractivity contribution is -0.177. The number of hydrogen-bond donors (Lipinski definition) is 1. The zero-order valence-electron chi connectivity index (χ0n) is 22.2. The Labute approximate surface area is 213 Å². The van der Waals surface area contributed by atoms with Crippen LogP contribution < -0.4 is 0 Å². The maximum Gasteiger partial charge on any atom is 0.389 e. The Kier molecular flexibility index (Phi) is 7.75. The molecule has 6 nitrogen and oxygen atoms in total. The average Bonchev–Trinajstić information content (AvgIpc) is 3.26. The van der Waals surface area contributed by atoms with Crippen LogP contribution in [0.1, 0.15) is 85.0 Å². The van der Waals surface area contributed by atoms with Gasteiger partial charge in [0.25, 0.3) is 0 Å². The van der Waals surface area contributed by atoms with Crippen LogP contribution in [-0.4, -0.2) is 88.7 Å². The van der Waals surface area contributed by atoms with Gasteiger partial charge < -0.3 is 14.9 Å². The smallest absolute Gasteiger partial charge is 0.387 e. The fraction of sp³-hybridized carbons (Fsp3) is 0.926. The number of piperidine rings is 1. The van der Waals surface area contributed by atoms with E-state index in [0.717, 1.165) is 45.1 Å². The predicted octanol–water partition coefficient (Wildman–Crippen LogP) is 4.21. The lowest BCUT2D eigenvalue weighted by Gasteiger charge is -2.54. The lowest BCUT2D eigenvalue weighted by Crippen LogP contribution is -2.66. The maximum atomic E-state index is 13.2. The van der Waals surface area contributed by atoms with Crippen LogP contribution in [0.15, 0.2) is 0 Å². The van der Waals surface area contributed by atoms with Crippen LogP contribution in [0.25, 0.3) is 0 Å². The molecule has 2 saturated carbocycles. The van der Waals surface area contributed by atoms with Gasteiger partial charge in [0.15, 0.2) is 0 Å². The first kappa shape index (κ1) is 27.7. The Balaban J connectivity index is 1.39. The standard InChI is InChI=1S/C27H44F3N3O3/c1-20(16-27(28,29)30)23(35)33-13-12-26(36,25(18-33)8-4-5-9-25)19-32-15-14-31(17-22(32)34)21-6-10-24(2,3)11-7-21/h20-21,36H,4-19H2,1-3H3/t20-,26?/m1/s1. The summed E-state index contributed by atoms with van der Waals surface area (Å²) in [5.74, 6) is -1.57. The minimum Gasteiger partial charge on any atom is -0.387 e. The van der Waals surface area contributed by atoms with E-state index in [1.54, 1.807) is 9.80 Å². The van der Waals surface area contributed by atoms with Gasteiger partial charge in [0.2, 0.25) is 11.8 Å². The van der Waals surface area contributed by atoms with Crippen molar-refractivity contribution in [3.8, 4) is 0 Å². The number of piperazine rings is 1. The monoisotopic (exact) mass is 515 g/mol. The maximum absolute atomic E-state index is 13.2. The highest BCUT2D eigenvalue weighted by Gasteiger charge is 2.57. The molecule has 4 rings (SSSR count). The van der Waals surface area contributed by atoms with Gasteiger partial charge in [-0.3, -0.25) is 14.5 Å². The number of amides is 2. The molecule has 0 aromatic carbocycles. The first-order valence-corrected chi connectivity index (χ1v) is 13.8. The van der Waals surface area contributed by atoms with Gasteiger partial charge in [-0.2, -0.15) is 13.2 Å². The summed E-state index contributed by atoms with van der Waals surface area (Å²) >= 11 is 0. The van der Waals surface area contributed by atoms with E-state index in [9.17, 15) is 27.9 Å². The quantitative estimate of drug-likeness (QED) is 0.596. The summed E-state index contributed by atoms with van der Waals surface area (Å²) in [5, 5.41) is 12.0. The van der Waals surface area contributed by atoms with Crippen LogP contribution in [-0.2, 0) is 9.59 Å². The number of rotatable bonds is 5. The topological polar surface area (TPSA) is 64.1 Å². The van der Waals surface area contributed by atoms with Gasteiger partial charge in [0, 0.05) is 43.6 Å². The largest absolute Gasteiger partial charge is 0.389 e. The van der Waals surface area contributed by atoms with Gasteiger partial charge in [-0.1, -0.05) is 33.6 Å². The van der Waals surface area contributed by atoms with E-state index >= 15 is 0 Å². The van der Waals surface area contributed by atoms with E-state index in [1.165, 1.54) is 19.8 Å². The van der Waals surface area contributed by atoms with Gasteiger partial charge in [0.05, 0.1) is 25.1 Å². The molecule has 2 atom stereocenters. The van der Waals surface area contributed by atoms with Crippen LogP contribution in [0.2, 0.25) is 0 Å². The van der Waals surface area contributed by atoms with Crippen molar-refractivity contribution in [1.82, 2.24) is 14.7 Å². The van der Waals surface area contributed by atoms with Crippen LogP contribution in [0.4, 0.5) is 13.2 Å². The Morgan fingerprint density at radius 2 is 1.69 bits per heavy atom. The molecule has 0 bridgehead atoms. The summed E-state index contributed by atoms with van der Waals surface area (Å²) in [6.07, 6.45) is 2.65. The zero-order chi connectivity index (χ0) is 26.4. The second-order valence-electron chi connectivity index (χ2n) is 12.9. The van der Waals surface area contributed by atoms with E-state index in [4.69, 9.17) is 0 Å². The predicted molar refractivity (Wildman–Crippen MR) is 131 cm³/mol. The van der Waals surface area contributed by atoms with E-state index in [2.05, 4.69) is 18.7 Å². The molecular formula is C27H44F3N3O3. The number of carbonyl (C=O) groups excluding carboxylic acids is 2. The first-order chi connectivity index (χ1) is 16.7. The van der Waals surface area contributed by atoms with Gasteiger partial charge >= 0.3 is 6.18 Å². The van der Waals surface area contributed by atoms with Gasteiger partial charge in [-0.15, -0.1) is 0 Å². The molecule has 0 aromatic rings. The molecule has 2 aliphatic heterocycles. The summed E-state index contributed by atoms with van der Waals surface area (Å²) < 4.78 is 38.6. The van der Waals surface area contributed by atoms with E-state index in [0.29, 0.717) is 31.0 Å². The van der Waals surface area contributed by atoms with E-state index in [-0.39, 0.29) is 25.5 Å². The van der Waals surface area contributed by atoms with Crippen LogP contribution in [0.5, 0.6) is 0 Å². The van der Waals surface area contributed by atoms with Gasteiger partial charge in [0.1, 0.15) is 0 Å². The van der Waals surface area contributed by atoms with Crippen molar-refractivity contribution < 1.29 is 27.9 Å². The molecule has 0 radical (unpaired) electrons. The normalized spacial score (nSPS) is 30.7. The van der Waals surface area contributed by atoms with Crippen molar-refractivity contribution in [2.45, 2.75) is 103 Å². The molecule has 2 heterocycles. The first-order valence-electron chi connectivity index (χ1n) is 13.8. The Morgan fingerprint density at radius 1 is 1.06 bits per heavy atom. The Hall–Kier alpha value is -1.35. The minimum absolute atomic E-state index is 0.0463. The number of carbonyl (C=O) groups is 2. The number of likely N-dealkylation sites (tertiary alicyclic amines) is 1. The number of β-amino-alcohol motifs (C(OH)–C–C–N with tert-alkyl or cyclic N) is 1. The molecule has 4 aliphatic rings. The van der Waals surface area contributed by atoms with Crippen LogP contribution in [0, 0.1) is 16.7 Å². The average molecular weight is 516 g/mol. The van der Waals surface area contributed by atoms with Crippen molar-refractivity contribution in [1.29, 1.82) is 0 Å². The summed E-state index contributed by atoms with van der Waals surface area (Å²) in [6.45, 7) is 8.47. The highest BCUT2D eigenvalue weighted by Crippen LogP contribution is 2.51. The number of nitrogens with zero attached hydrogens (tertiary/aromatic N) is 3. The molecule has 4 fully saturated rings. The molecule has 206 valence electrons. The zero-order valence-corrected chi connectivity index (χ0v) is 22.2. The third kappa shape index (κ3) is 5.87. The highest BCUT2D eigenvalue weighted by atomic mass is 19.4. The fourth-order valence-electron chi connectivity index (χ4n) is 7.30. The fourth-order valence-corrected chi connectivity index (χ4v) is 7.30. The molecule has 2 aliphatic carbocycles. The van der Waals surface area contributed by atoms with Crippen LogP contribution in [0.3, 0.4) is 0 Å². The Morgan fingerprint density at radius 3 is 2.28 bits per heavy atom. The SMILES string of the molecule is C[C@H](CC(F)(F)F)C(=O)N1CCC(O)(CN2CCN(C3CCC(C)(C)CC3)CC2=O)C2(CCCC2)C1. The van der Waals surface area contributed by atoms with Crippen molar-refractivity contribution in [2.75, 3.05) is 39.3 Å². The summed E-state index contributed by atoms with van der Waals surface area (Å²) in [5.41, 5.74) is -1.31. The second-order valence-corrected chi connectivity index (χ2v) is 12.9. The molecule has 1 spiro atoms. The molecule has 36 heavy (non-hydrogen) atoms. The summed E-state index contributed by atoms with van der Waals surface area (Å²) in [6, 6.07) is 0.446. The lowest BCUT2D eigenvalue weighted by atomic mass is 9.65. The molecule has 0 aromatic heterocycles. The Bertz CT molecular complexity index is 817. The molecule has 1 unspecified atom stereocenters. The van der Waals surface area contributed by atoms with Gasteiger partial charge in [-0.05, 0) is 50.4 Å². The number of aliphatic hydroxyl groups is 1. The van der Waals surface area contributed by atoms with Crippen molar-refractivity contribution in [3.63, 3.8) is 0 Å². The molecule has 2 saturated heterocycles. The van der Waals surface area contributed by atoms with Crippen molar-refractivity contribution in [3.05, 3.63) is 0 Å². The molecule has 1 N–H and O–H groups in total. The molecule has 9 heteroatoms. The highest BCUT2D eigenvalue weighted by molar-refractivity contribution is 5.79. The van der Waals surface area contributed by atoms with E-state index < -0.39 is 35.4 Å². The summed E-state index contributed by atoms with van der Waals surface area (Å²) in [4.78, 5) is 31.7. The molecule has 2 amide bonds. The van der Waals surface area contributed by atoms with Gasteiger partial charge in [-0.25, -0.2) is 0 Å². The number of hydrogen-bond acceptors (Lipinski definition) is 4. The third-order valence-corrected chi connectivity index (χ3v) is 9.73. The third-order valence-electron chi connectivity index (χ3n) is 9.73. The van der Waals surface area contributed by atoms with E-state index in [1.807, 2.05) is 0 Å². The number of halogens is 3. The molecular weight excluding hydrogens is 471 g/mol. The summed E-state index contributed by atoms with van der Waals surface area (Å²) in [7, 11) is 0.